The van der Waals surface area contributed by atoms with Gasteiger partial charge in [-0.2, -0.15) is 0 Å². The molecule has 0 saturated heterocycles. The molecule has 5 heteroatoms. The third kappa shape index (κ3) is 3.36. The summed E-state index contributed by atoms with van der Waals surface area (Å²) in [5.41, 5.74) is 3.88. The summed E-state index contributed by atoms with van der Waals surface area (Å²) in [5, 5.41) is 14.2. The number of aliphatic hydroxyl groups excluding tert-OH is 1. The first-order valence-corrected chi connectivity index (χ1v) is 7.68. The number of hydrogen-bond donors (Lipinski definition) is 3. The fourth-order valence-corrected chi connectivity index (χ4v) is 2.61. The van der Waals surface area contributed by atoms with E-state index in [-0.39, 0.29) is 0 Å². The summed E-state index contributed by atoms with van der Waals surface area (Å²) in [6, 6.07) is 12.0. The Balaban J connectivity index is 2.04. The molecule has 0 amide bonds. The average molecular weight is 311 g/mol. The van der Waals surface area contributed by atoms with Gasteiger partial charge in [-0.3, -0.25) is 0 Å². The summed E-state index contributed by atoms with van der Waals surface area (Å²) >= 11 is 0. The van der Waals surface area contributed by atoms with Gasteiger partial charge in [0, 0.05) is 25.2 Å². The van der Waals surface area contributed by atoms with Gasteiger partial charge in [-0.1, -0.05) is 18.2 Å². The van der Waals surface area contributed by atoms with E-state index in [0.29, 0.717) is 13.2 Å². The van der Waals surface area contributed by atoms with Gasteiger partial charge in [0.1, 0.15) is 11.5 Å². The van der Waals surface area contributed by atoms with Gasteiger partial charge >= 0.3 is 0 Å². The number of aromatic nitrogens is 2. The quantitative estimate of drug-likeness (QED) is 0.611. The minimum atomic E-state index is -0.488. The maximum atomic E-state index is 9.82. The number of methoxy groups -OCH3 is 1. The second-order valence-corrected chi connectivity index (χ2v) is 5.52. The summed E-state index contributed by atoms with van der Waals surface area (Å²) in [6.07, 6.45) is 1.40. The molecular weight excluding hydrogens is 290 g/mol. The summed E-state index contributed by atoms with van der Waals surface area (Å²) in [5.74, 6) is 0.800. The molecule has 0 fully saturated rings. The van der Waals surface area contributed by atoms with Crippen molar-refractivity contribution in [2.45, 2.75) is 13.0 Å². The van der Waals surface area contributed by atoms with Crippen LogP contribution in [0.3, 0.4) is 0 Å². The summed E-state index contributed by atoms with van der Waals surface area (Å²) < 4.78 is 5.07. The van der Waals surface area contributed by atoms with Crippen molar-refractivity contribution < 1.29 is 9.84 Å². The maximum absolute atomic E-state index is 9.82. The second-order valence-electron chi connectivity index (χ2n) is 5.52. The minimum absolute atomic E-state index is 0.488. The normalized spacial score (nSPS) is 12.5. The Kier molecular flexibility index (Phi) is 4.60. The number of aromatic amines is 1. The fourth-order valence-electron chi connectivity index (χ4n) is 2.61. The summed E-state index contributed by atoms with van der Waals surface area (Å²) in [7, 11) is 1.68. The minimum Gasteiger partial charge on any atom is -0.389 e. The summed E-state index contributed by atoms with van der Waals surface area (Å²) in [6.45, 7) is 3.09. The van der Waals surface area contributed by atoms with Crippen LogP contribution < -0.4 is 5.32 Å². The number of H-pyrrole nitrogens is 1. The molecule has 1 aromatic carbocycles. The first-order valence-electron chi connectivity index (χ1n) is 7.68. The Morgan fingerprint density at radius 3 is 2.96 bits per heavy atom. The lowest BCUT2D eigenvalue weighted by molar-refractivity contribution is 0.199. The van der Waals surface area contributed by atoms with Gasteiger partial charge < -0.3 is 20.1 Å². The van der Waals surface area contributed by atoms with E-state index in [9.17, 15) is 5.11 Å². The Bertz CT molecular complexity index is 796. The third-order valence-electron chi connectivity index (χ3n) is 3.82. The monoisotopic (exact) mass is 311 g/mol. The molecule has 0 aliphatic rings. The van der Waals surface area contributed by atoms with Gasteiger partial charge in [-0.05, 0) is 41.8 Å². The topological polar surface area (TPSA) is 70.2 Å². The van der Waals surface area contributed by atoms with Crippen molar-refractivity contribution in [3.05, 3.63) is 48.2 Å². The molecule has 1 unspecified atom stereocenters. The number of benzene rings is 1. The largest absolute Gasteiger partial charge is 0.389 e. The SMILES string of the molecule is COCCNc1cc(-c2cccc(C(C)O)c2)c2cc[nH]c2n1. The molecule has 1 atom stereocenters. The predicted octanol–water partition coefficient (Wildman–Crippen LogP) is 3.34. The van der Waals surface area contributed by atoms with Gasteiger partial charge in [-0.25, -0.2) is 4.98 Å². The molecule has 0 radical (unpaired) electrons. The van der Waals surface area contributed by atoms with E-state index in [0.717, 1.165) is 33.5 Å². The molecule has 23 heavy (non-hydrogen) atoms. The number of nitrogens with zero attached hydrogens (tertiary/aromatic N) is 1. The van der Waals surface area contributed by atoms with E-state index in [1.165, 1.54) is 0 Å². The Hall–Kier alpha value is -2.37. The van der Waals surface area contributed by atoms with E-state index < -0.39 is 6.10 Å². The molecule has 0 bridgehead atoms. The third-order valence-corrected chi connectivity index (χ3v) is 3.82. The molecule has 0 aliphatic heterocycles. The van der Waals surface area contributed by atoms with E-state index in [1.54, 1.807) is 14.0 Å². The fraction of sp³-hybridized carbons (Fsp3) is 0.278. The van der Waals surface area contributed by atoms with Crippen molar-refractivity contribution in [1.29, 1.82) is 0 Å². The molecule has 120 valence electrons. The highest BCUT2D eigenvalue weighted by atomic mass is 16.5. The van der Waals surface area contributed by atoms with Gasteiger partial charge in [-0.15, -0.1) is 0 Å². The highest BCUT2D eigenvalue weighted by Gasteiger charge is 2.10. The smallest absolute Gasteiger partial charge is 0.140 e. The van der Waals surface area contributed by atoms with Crippen molar-refractivity contribution in [2.75, 3.05) is 25.6 Å². The van der Waals surface area contributed by atoms with Crippen LogP contribution in [0, 0.1) is 0 Å². The van der Waals surface area contributed by atoms with Gasteiger partial charge in [0.05, 0.1) is 12.7 Å². The second kappa shape index (κ2) is 6.81. The zero-order valence-corrected chi connectivity index (χ0v) is 13.3. The average Bonchev–Trinajstić information content (AvgIpc) is 3.03. The van der Waals surface area contributed by atoms with Crippen LogP contribution in [0.5, 0.6) is 0 Å². The zero-order chi connectivity index (χ0) is 16.2. The first kappa shape index (κ1) is 15.5. The van der Waals surface area contributed by atoms with Crippen LogP contribution in [-0.4, -0.2) is 35.3 Å². The van der Waals surface area contributed by atoms with E-state index in [2.05, 4.69) is 15.3 Å². The molecule has 3 rings (SSSR count). The maximum Gasteiger partial charge on any atom is 0.140 e. The summed E-state index contributed by atoms with van der Waals surface area (Å²) in [4.78, 5) is 7.75. The standard InChI is InChI=1S/C18H21N3O2/c1-12(22)13-4-3-5-14(10-13)16-11-17(19-8-9-23-2)21-18-15(16)6-7-20-18/h3-7,10-12,22H,8-9H2,1-2H3,(H2,19,20,21). The molecular formula is C18H21N3O2. The van der Waals surface area contributed by atoms with Crippen molar-refractivity contribution in [2.24, 2.45) is 0 Å². The van der Waals surface area contributed by atoms with Crippen LogP contribution in [0.15, 0.2) is 42.6 Å². The Labute approximate surface area is 135 Å². The Morgan fingerprint density at radius 1 is 1.30 bits per heavy atom. The van der Waals surface area contributed by atoms with Crippen LogP contribution in [0.25, 0.3) is 22.2 Å². The number of rotatable bonds is 6. The van der Waals surface area contributed by atoms with Crippen LogP contribution in [0.1, 0.15) is 18.6 Å². The number of anilines is 1. The number of nitrogens with one attached hydrogen (secondary N) is 2. The van der Waals surface area contributed by atoms with Gasteiger partial charge in [0.15, 0.2) is 0 Å². The number of pyridine rings is 1. The number of ether oxygens (including phenoxy) is 1. The van der Waals surface area contributed by atoms with Crippen molar-refractivity contribution >= 4 is 16.9 Å². The van der Waals surface area contributed by atoms with Crippen LogP contribution in [0.4, 0.5) is 5.82 Å². The molecule has 0 aliphatic carbocycles. The number of hydrogen-bond acceptors (Lipinski definition) is 4. The Morgan fingerprint density at radius 2 is 2.17 bits per heavy atom. The first-order chi connectivity index (χ1) is 11.2. The van der Waals surface area contributed by atoms with E-state index >= 15 is 0 Å². The molecule has 3 N–H and O–H groups in total. The van der Waals surface area contributed by atoms with Crippen LogP contribution in [-0.2, 0) is 4.74 Å². The predicted molar refractivity (Wildman–Crippen MR) is 92.5 cm³/mol. The molecule has 0 spiro atoms. The molecule has 2 heterocycles. The lowest BCUT2D eigenvalue weighted by atomic mass is 9.99. The van der Waals surface area contributed by atoms with Crippen LogP contribution >= 0.6 is 0 Å². The van der Waals surface area contributed by atoms with E-state index in [1.807, 2.05) is 42.6 Å². The van der Waals surface area contributed by atoms with Gasteiger partial charge in [0.25, 0.3) is 0 Å². The molecule has 3 aromatic rings. The van der Waals surface area contributed by atoms with E-state index in [4.69, 9.17) is 4.74 Å². The molecule has 0 saturated carbocycles. The highest BCUT2D eigenvalue weighted by Crippen LogP contribution is 2.31. The molecule has 2 aromatic heterocycles. The highest BCUT2D eigenvalue weighted by molar-refractivity contribution is 5.94. The van der Waals surface area contributed by atoms with Crippen molar-refractivity contribution in [3.8, 4) is 11.1 Å². The lowest BCUT2D eigenvalue weighted by Gasteiger charge is -2.11. The van der Waals surface area contributed by atoms with Crippen molar-refractivity contribution in [1.82, 2.24) is 9.97 Å². The van der Waals surface area contributed by atoms with Crippen LogP contribution in [0.2, 0.25) is 0 Å². The van der Waals surface area contributed by atoms with Gasteiger partial charge in [0.2, 0.25) is 0 Å². The molecule has 5 nitrogen and oxygen atoms in total. The number of aliphatic hydroxyl groups is 1. The van der Waals surface area contributed by atoms with Crippen molar-refractivity contribution in [3.63, 3.8) is 0 Å². The zero-order valence-electron chi connectivity index (χ0n) is 13.3. The number of fused-ring (bicyclic) bond motifs is 1. The lowest BCUT2D eigenvalue weighted by Crippen LogP contribution is -2.09.